The molecule has 2 rings (SSSR count). The van der Waals surface area contributed by atoms with Crippen molar-refractivity contribution in [1.29, 1.82) is 0 Å². The fraction of sp³-hybridized carbons (Fsp3) is 0.333. The van der Waals surface area contributed by atoms with Gasteiger partial charge in [-0.2, -0.15) is 5.10 Å². The van der Waals surface area contributed by atoms with Crippen molar-refractivity contribution in [1.82, 2.24) is 25.5 Å². The fourth-order valence-corrected chi connectivity index (χ4v) is 1.79. The van der Waals surface area contributed by atoms with Crippen molar-refractivity contribution in [3.05, 3.63) is 46.7 Å². The first-order chi connectivity index (χ1) is 8.79. The molecule has 18 heavy (non-hydrogen) atoms. The molecular weight excluding hydrogens is 294 g/mol. The largest absolute Gasteiger partial charge is 0.302 e. The summed E-state index contributed by atoms with van der Waals surface area (Å²) in [6.45, 7) is 2.75. The van der Waals surface area contributed by atoms with Gasteiger partial charge in [0.2, 0.25) is 0 Å². The van der Waals surface area contributed by atoms with Crippen LogP contribution in [0.5, 0.6) is 0 Å². The maximum atomic E-state index is 4.26. The third-order valence-corrected chi connectivity index (χ3v) is 2.95. The molecule has 0 aromatic carbocycles. The van der Waals surface area contributed by atoms with Crippen molar-refractivity contribution in [3.63, 3.8) is 0 Å². The molecule has 0 saturated heterocycles. The highest BCUT2D eigenvalue weighted by Crippen LogP contribution is 2.11. The summed E-state index contributed by atoms with van der Waals surface area (Å²) in [7, 11) is 0. The first-order valence-corrected chi connectivity index (χ1v) is 6.57. The summed E-state index contributed by atoms with van der Waals surface area (Å²) >= 11 is 3.26. The Morgan fingerprint density at radius 2 is 2.00 bits per heavy atom. The molecule has 0 spiro atoms. The van der Waals surface area contributed by atoms with Gasteiger partial charge >= 0.3 is 0 Å². The van der Waals surface area contributed by atoms with Crippen LogP contribution in [0.1, 0.15) is 30.9 Å². The lowest BCUT2D eigenvalue weighted by Crippen LogP contribution is -2.22. The molecule has 0 fully saturated rings. The molecule has 6 heteroatoms. The lowest BCUT2D eigenvalue weighted by Gasteiger charge is -2.14. The number of aromatic nitrogens is 4. The topological polar surface area (TPSA) is 63.6 Å². The Kier molecular flexibility index (Phi) is 4.72. The molecule has 5 nitrogen and oxygen atoms in total. The van der Waals surface area contributed by atoms with Crippen LogP contribution in [0.4, 0.5) is 0 Å². The van der Waals surface area contributed by atoms with E-state index in [0.29, 0.717) is 6.54 Å². The van der Waals surface area contributed by atoms with Crippen molar-refractivity contribution in [3.8, 4) is 0 Å². The molecule has 0 aliphatic rings. The van der Waals surface area contributed by atoms with Gasteiger partial charge in [0, 0.05) is 18.9 Å². The van der Waals surface area contributed by atoms with Crippen LogP contribution in [0.25, 0.3) is 0 Å². The van der Waals surface area contributed by atoms with E-state index in [1.165, 1.54) is 0 Å². The zero-order valence-corrected chi connectivity index (χ0v) is 11.6. The average molecular weight is 308 g/mol. The lowest BCUT2D eigenvalue weighted by molar-refractivity contribution is 0.488. The normalized spacial score (nSPS) is 12.3. The Hall–Kier alpha value is -1.40. The second-order valence-corrected chi connectivity index (χ2v) is 4.61. The summed E-state index contributed by atoms with van der Waals surface area (Å²) < 4.78 is 0.740. The number of hydrogen-bond donors (Lipinski definition) is 1. The molecule has 0 bridgehead atoms. The van der Waals surface area contributed by atoms with E-state index in [1.807, 2.05) is 18.2 Å². The van der Waals surface area contributed by atoms with E-state index in [9.17, 15) is 0 Å². The van der Waals surface area contributed by atoms with Gasteiger partial charge in [0.25, 0.3) is 0 Å². The van der Waals surface area contributed by atoms with E-state index in [4.69, 9.17) is 0 Å². The van der Waals surface area contributed by atoms with Gasteiger partial charge in [0.15, 0.2) is 0 Å². The molecule has 2 aromatic rings. The third kappa shape index (κ3) is 3.54. The quantitative estimate of drug-likeness (QED) is 0.918. The van der Waals surface area contributed by atoms with Crippen molar-refractivity contribution in [2.75, 3.05) is 0 Å². The predicted molar refractivity (Wildman–Crippen MR) is 71.6 cm³/mol. The molecular formula is C12H14BrN5. The molecule has 94 valence electrons. The second kappa shape index (κ2) is 6.51. The number of hydrogen-bond acceptors (Lipinski definition) is 5. The summed E-state index contributed by atoms with van der Waals surface area (Å²) in [6, 6.07) is 5.76. The first kappa shape index (κ1) is 13.0. The summed E-state index contributed by atoms with van der Waals surface area (Å²) in [5, 5.41) is 11.4. The van der Waals surface area contributed by atoms with Crippen molar-refractivity contribution < 1.29 is 0 Å². The van der Waals surface area contributed by atoms with Gasteiger partial charge in [-0.3, -0.25) is 0 Å². The minimum atomic E-state index is 0.136. The summed E-state index contributed by atoms with van der Waals surface area (Å²) in [5.41, 5.74) is 0.896. The van der Waals surface area contributed by atoms with Crippen LogP contribution >= 0.6 is 15.9 Å². The van der Waals surface area contributed by atoms with Crippen LogP contribution in [0.2, 0.25) is 0 Å². The number of rotatable bonds is 5. The van der Waals surface area contributed by atoms with Gasteiger partial charge in [0.1, 0.15) is 10.4 Å². The summed E-state index contributed by atoms with van der Waals surface area (Å²) in [6.07, 6.45) is 4.44. The molecule has 0 aliphatic carbocycles. The van der Waals surface area contributed by atoms with Gasteiger partial charge in [-0.15, -0.1) is 5.10 Å². The smallest absolute Gasteiger partial charge is 0.145 e. The summed E-state index contributed by atoms with van der Waals surface area (Å²) in [5.74, 6) is 0.810. The maximum Gasteiger partial charge on any atom is 0.145 e. The molecule has 0 saturated carbocycles. The lowest BCUT2D eigenvalue weighted by atomic mass is 10.2. The molecule has 0 aliphatic heterocycles. The van der Waals surface area contributed by atoms with Crippen LogP contribution in [-0.4, -0.2) is 20.2 Å². The average Bonchev–Trinajstić information content (AvgIpc) is 2.43. The zero-order chi connectivity index (χ0) is 12.8. The van der Waals surface area contributed by atoms with Gasteiger partial charge in [-0.25, -0.2) is 9.97 Å². The number of nitrogens with zero attached hydrogens (tertiary/aromatic N) is 4. The highest BCUT2D eigenvalue weighted by atomic mass is 79.9. The Morgan fingerprint density at radius 1 is 1.22 bits per heavy atom. The van der Waals surface area contributed by atoms with E-state index in [0.717, 1.165) is 22.5 Å². The molecule has 1 unspecified atom stereocenters. The van der Waals surface area contributed by atoms with E-state index in [-0.39, 0.29) is 6.04 Å². The van der Waals surface area contributed by atoms with Gasteiger partial charge in [-0.1, -0.05) is 6.92 Å². The van der Waals surface area contributed by atoms with Crippen LogP contribution in [-0.2, 0) is 6.54 Å². The van der Waals surface area contributed by atoms with Gasteiger partial charge in [-0.05, 0) is 40.5 Å². The van der Waals surface area contributed by atoms with Crippen LogP contribution in [0.3, 0.4) is 0 Å². The van der Waals surface area contributed by atoms with Gasteiger partial charge < -0.3 is 5.32 Å². The van der Waals surface area contributed by atoms with E-state index in [2.05, 4.69) is 48.3 Å². The Balaban J connectivity index is 1.97. The van der Waals surface area contributed by atoms with Crippen LogP contribution in [0, 0.1) is 0 Å². The minimum absolute atomic E-state index is 0.136. The standard InChI is InChI=1S/C12H14BrN5/c1-2-10(12-14-6-3-7-15-12)16-8-9-4-5-11(13)18-17-9/h3-7,10,16H,2,8H2,1H3. The summed E-state index contributed by atoms with van der Waals surface area (Å²) in [4.78, 5) is 8.52. The van der Waals surface area contributed by atoms with Crippen LogP contribution in [0.15, 0.2) is 35.2 Å². The van der Waals surface area contributed by atoms with E-state index >= 15 is 0 Å². The highest BCUT2D eigenvalue weighted by Gasteiger charge is 2.11. The molecule has 1 N–H and O–H groups in total. The Morgan fingerprint density at radius 3 is 2.61 bits per heavy atom. The maximum absolute atomic E-state index is 4.26. The van der Waals surface area contributed by atoms with E-state index < -0.39 is 0 Å². The Bertz CT molecular complexity index is 474. The SMILES string of the molecule is CCC(NCc1ccc(Br)nn1)c1ncccn1. The second-order valence-electron chi connectivity index (χ2n) is 3.80. The van der Waals surface area contributed by atoms with E-state index in [1.54, 1.807) is 12.4 Å². The molecule has 2 aromatic heterocycles. The number of halogens is 1. The number of nitrogens with one attached hydrogen (secondary N) is 1. The molecule has 2 heterocycles. The zero-order valence-electron chi connectivity index (χ0n) is 10.0. The minimum Gasteiger partial charge on any atom is -0.302 e. The van der Waals surface area contributed by atoms with Crippen molar-refractivity contribution >= 4 is 15.9 Å². The monoisotopic (exact) mass is 307 g/mol. The highest BCUT2D eigenvalue weighted by molar-refractivity contribution is 9.10. The Labute approximate surface area is 114 Å². The molecule has 0 radical (unpaired) electrons. The molecule has 1 atom stereocenters. The van der Waals surface area contributed by atoms with Crippen molar-refractivity contribution in [2.45, 2.75) is 25.9 Å². The predicted octanol–water partition coefficient (Wildman–Crippen LogP) is 2.27. The first-order valence-electron chi connectivity index (χ1n) is 5.78. The van der Waals surface area contributed by atoms with Gasteiger partial charge in [0.05, 0.1) is 11.7 Å². The molecule has 0 amide bonds. The third-order valence-electron chi connectivity index (χ3n) is 2.52. The van der Waals surface area contributed by atoms with Crippen molar-refractivity contribution in [2.24, 2.45) is 0 Å². The fourth-order valence-electron chi connectivity index (χ4n) is 1.57. The van der Waals surface area contributed by atoms with Crippen LogP contribution < -0.4 is 5.32 Å².